The van der Waals surface area contributed by atoms with Crippen molar-refractivity contribution in [1.82, 2.24) is 9.97 Å². The molecule has 0 aliphatic carbocycles. The van der Waals surface area contributed by atoms with Gasteiger partial charge in [0.25, 0.3) is 0 Å². The highest BCUT2D eigenvalue weighted by Crippen LogP contribution is 2.23. The third kappa shape index (κ3) is 2.47. The molecule has 2 aromatic heterocycles. The fourth-order valence-electron chi connectivity index (χ4n) is 1.92. The fraction of sp³-hybridized carbons (Fsp3) is 0.0667. The van der Waals surface area contributed by atoms with Crippen molar-refractivity contribution in [3.05, 3.63) is 70.8 Å². The van der Waals surface area contributed by atoms with Crippen molar-refractivity contribution >= 4 is 10.9 Å². The van der Waals surface area contributed by atoms with E-state index in [1.165, 1.54) is 6.07 Å². The van der Waals surface area contributed by atoms with Crippen LogP contribution in [0.15, 0.2) is 59.7 Å². The third-order valence-electron chi connectivity index (χ3n) is 2.87. The van der Waals surface area contributed by atoms with Crippen molar-refractivity contribution in [2.45, 2.75) is 6.61 Å². The molecule has 4 nitrogen and oxygen atoms in total. The highest BCUT2D eigenvalue weighted by Gasteiger charge is 2.02. The molecule has 3 aromatic rings. The highest BCUT2D eigenvalue weighted by atomic mass is 16.5. The van der Waals surface area contributed by atoms with E-state index < -0.39 is 0 Å². The van der Waals surface area contributed by atoms with Gasteiger partial charge in [-0.2, -0.15) is 0 Å². The van der Waals surface area contributed by atoms with Crippen LogP contribution in [0.1, 0.15) is 5.56 Å². The number of ether oxygens (including phenoxy) is 1. The van der Waals surface area contributed by atoms with Gasteiger partial charge in [-0.1, -0.05) is 6.07 Å². The number of nitrogens with zero attached hydrogens (tertiary/aromatic N) is 1. The third-order valence-corrected chi connectivity index (χ3v) is 2.87. The molecule has 0 radical (unpaired) electrons. The van der Waals surface area contributed by atoms with E-state index in [1.807, 2.05) is 30.3 Å². The van der Waals surface area contributed by atoms with Crippen LogP contribution in [0.2, 0.25) is 0 Å². The second-order valence-electron chi connectivity index (χ2n) is 4.18. The van der Waals surface area contributed by atoms with Crippen molar-refractivity contribution in [2.75, 3.05) is 0 Å². The van der Waals surface area contributed by atoms with Gasteiger partial charge in [0.05, 0.1) is 5.52 Å². The highest BCUT2D eigenvalue weighted by molar-refractivity contribution is 5.84. The van der Waals surface area contributed by atoms with E-state index in [0.29, 0.717) is 6.61 Å². The molecule has 3 rings (SSSR count). The lowest BCUT2D eigenvalue weighted by Crippen LogP contribution is -2.03. The maximum absolute atomic E-state index is 11.3. The molecule has 4 heteroatoms. The summed E-state index contributed by atoms with van der Waals surface area (Å²) in [4.78, 5) is 18.0. The molecule has 0 spiro atoms. The lowest BCUT2D eigenvalue weighted by atomic mass is 10.2. The summed E-state index contributed by atoms with van der Waals surface area (Å²) in [5.41, 5.74) is 1.72. The molecule has 1 aromatic carbocycles. The summed E-state index contributed by atoms with van der Waals surface area (Å²) in [6.07, 6.45) is 3.47. The Bertz CT molecular complexity index is 751. The first kappa shape index (κ1) is 11.5. The van der Waals surface area contributed by atoms with E-state index in [0.717, 1.165) is 22.2 Å². The molecule has 0 fully saturated rings. The zero-order valence-electron chi connectivity index (χ0n) is 10.2. The number of hydrogen-bond donors (Lipinski definition) is 1. The monoisotopic (exact) mass is 252 g/mol. The van der Waals surface area contributed by atoms with Gasteiger partial charge in [-0.05, 0) is 35.9 Å². The van der Waals surface area contributed by atoms with Crippen molar-refractivity contribution in [1.29, 1.82) is 0 Å². The summed E-state index contributed by atoms with van der Waals surface area (Å²) in [6, 6.07) is 12.7. The number of rotatable bonds is 3. The van der Waals surface area contributed by atoms with Crippen LogP contribution in [0.4, 0.5) is 0 Å². The summed E-state index contributed by atoms with van der Waals surface area (Å²) in [7, 11) is 0. The summed E-state index contributed by atoms with van der Waals surface area (Å²) in [5.74, 6) is 0.755. The number of aromatic amines is 1. The first-order valence-corrected chi connectivity index (χ1v) is 5.97. The Kier molecular flexibility index (Phi) is 2.98. The van der Waals surface area contributed by atoms with E-state index in [4.69, 9.17) is 4.74 Å². The number of hydrogen-bond acceptors (Lipinski definition) is 3. The van der Waals surface area contributed by atoms with Crippen molar-refractivity contribution in [3.63, 3.8) is 0 Å². The first-order valence-electron chi connectivity index (χ1n) is 5.97. The Labute approximate surface area is 109 Å². The molecule has 2 heterocycles. The van der Waals surface area contributed by atoms with Gasteiger partial charge in [0.2, 0.25) is 5.56 Å². The van der Waals surface area contributed by atoms with Crippen LogP contribution < -0.4 is 10.3 Å². The lowest BCUT2D eigenvalue weighted by Gasteiger charge is -2.08. The molecule has 19 heavy (non-hydrogen) atoms. The second kappa shape index (κ2) is 4.94. The summed E-state index contributed by atoms with van der Waals surface area (Å²) in [5, 5.41) is 0.899. The van der Waals surface area contributed by atoms with Crippen LogP contribution in [-0.4, -0.2) is 9.97 Å². The SMILES string of the molecule is O=c1ccc2c(OCc3ccncc3)cccc2[nH]1. The number of nitrogens with one attached hydrogen (secondary N) is 1. The van der Waals surface area contributed by atoms with Gasteiger partial charge >= 0.3 is 0 Å². The van der Waals surface area contributed by atoms with Gasteiger partial charge in [-0.25, -0.2) is 0 Å². The Hall–Kier alpha value is -2.62. The van der Waals surface area contributed by atoms with Crippen LogP contribution in [0.25, 0.3) is 10.9 Å². The minimum Gasteiger partial charge on any atom is -0.488 e. The Balaban J connectivity index is 1.91. The number of benzene rings is 1. The molecule has 1 N–H and O–H groups in total. The molecular weight excluding hydrogens is 240 g/mol. The second-order valence-corrected chi connectivity index (χ2v) is 4.18. The van der Waals surface area contributed by atoms with Crippen molar-refractivity contribution < 1.29 is 4.74 Å². The molecule has 0 saturated carbocycles. The Morgan fingerprint density at radius 1 is 1.05 bits per heavy atom. The zero-order chi connectivity index (χ0) is 13.1. The van der Waals surface area contributed by atoms with Gasteiger partial charge in [0, 0.05) is 23.8 Å². The van der Waals surface area contributed by atoms with Crippen LogP contribution >= 0.6 is 0 Å². The Morgan fingerprint density at radius 2 is 1.89 bits per heavy atom. The molecule has 0 aliphatic rings. The smallest absolute Gasteiger partial charge is 0.248 e. The minimum atomic E-state index is -0.112. The number of H-pyrrole nitrogens is 1. The zero-order valence-corrected chi connectivity index (χ0v) is 10.2. The predicted molar refractivity (Wildman–Crippen MR) is 73.1 cm³/mol. The van der Waals surface area contributed by atoms with Gasteiger partial charge in [0.1, 0.15) is 12.4 Å². The van der Waals surface area contributed by atoms with Gasteiger partial charge in [-0.15, -0.1) is 0 Å². The maximum atomic E-state index is 11.3. The topological polar surface area (TPSA) is 55.0 Å². The van der Waals surface area contributed by atoms with Crippen molar-refractivity contribution in [2.24, 2.45) is 0 Å². The van der Waals surface area contributed by atoms with E-state index in [1.54, 1.807) is 18.5 Å². The largest absolute Gasteiger partial charge is 0.488 e. The average molecular weight is 252 g/mol. The summed E-state index contributed by atoms with van der Waals surface area (Å²) >= 11 is 0. The van der Waals surface area contributed by atoms with Crippen LogP contribution in [0.3, 0.4) is 0 Å². The van der Waals surface area contributed by atoms with E-state index in [2.05, 4.69) is 9.97 Å². The molecule has 0 atom stereocenters. The van der Waals surface area contributed by atoms with E-state index in [9.17, 15) is 4.79 Å². The quantitative estimate of drug-likeness (QED) is 0.779. The molecule has 94 valence electrons. The lowest BCUT2D eigenvalue weighted by molar-refractivity contribution is 0.310. The number of fused-ring (bicyclic) bond motifs is 1. The standard InChI is InChI=1S/C15H12N2O2/c18-15-5-4-12-13(17-15)2-1-3-14(12)19-10-11-6-8-16-9-7-11/h1-9H,10H2,(H,17,18). The van der Waals surface area contributed by atoms with Crippen LogP contribution in [0.5, 0.6) is 5.75 Å². The van der Waals surface area contributed by atoms with Gasteiger partial charge in [0.15, 0.2) is 0 Å². The molecule has 0 bridgehead atoms. The summed E-state index contributed by atoms with van der Waals surface area (Å²) in [6.45, 7) is 0.473. The van der Waals surface area contributed by atoms with E-state index >= 15 is 0 Å². The average Bonchev–Trinajstić information content (AvgIpc) is 2.45. The number of pyridine rings is 2. The van der Waals surface area contributed by atoms with Crippen molar-refractivity contribution in [3.8, 4) is 5.75 Å². The molecule has 0 aliphatic heterocycles. The van der Waals surface area contributed by atoms with Crippen LogP contribution in [-0.2, 0) is 6.61 Å². The number of aromatic nitrogens is 2. The van der Waals surface area contributed by atoms with E-state index in [-0.39, 0.29) is 5.56 Å². The minimum absolute atomic E-state index is 0.112. The Morgan fingerprint density at radius 3 is 2.74 bits per heavy atom. The molecular formula is C15H12N2O2. The maximum Gasteiger partial charge on any atom is 0.248 e. The molecule has 0 unspecified atom stereocenters. The molecule has 0 saturated heterocycles. The summed E-state index contributed by atoms with van der Waals surface area (Å²) < 4.78 is 5.80. The fourth-order valence-corrected chi connectivity index (χ4v) is 1.92. The first-order chi connectivity index (χ1) is 9.33. The normalized spacial score (nSPS) is 10.5. The molecule has 0 amide bonds. The predicted octanol–water partition coefficient (Wildman–Crippen LogP) is 2.50. The van der Waals surface area contributed by atoms with Crippen LogP contribution in [0, 0.1) is 0 Å². The van der Waals surface area contributed by atoms with Gasteiger partial charge < -0.3 is 9.72 Å². The van der Waals surface area contributed by atoms with Gasteiger partial charge in [-0.3, -0.25) is 9.78 Å².